The SMILES string of the molecule is CC(=O)Oc1ccccc1SSc1ncccc1[N+](=O)[O-]. The van der Waals surface area contributed by atoms with E-state index in [-0.39, 0.29) is 5.69 Å². The number of benzene rings is 1. The van der Waals surface area contributed by atoms with Crippen molar-refractivity contribution in [2.75, 3.05) is 0 Å². The first-order valence-corrected chi connectivity index (χ1v) is 7.94. The molecule has 0 aliphatic rings. The molecule has 6 nitrogen and oxygen atoms in total. The average Bonchev–Trinajstić information content (AvgIpc) is 2.46. The van der Waals surface area contributed by atoms with Crippen molar-refractivity contribution < 1.29 is 14.5 Å². The number of rotatable bonds is 5. The van der Waals surface area contributed by atoms with E-state index >= 15 is 0 Å². The number of para-hydroxylation sites is 1. The molecule has 8 heteroatoms. The molecule has 0 aliphatic carbocycles. The summed E-state index contributed by atoms with van der Waals surface area (Å²) in [5, 5.41) is 11.2. The van der Waals surface area contributed by atoms with E-state index in [1.807, 2.05) is 0 Å². The molecule has 0 amide bonds. The molecular weight excluding hydrogens is 312 g/mol. The Kier molecular flexibility index (Phi) is 5.18. The van der Waals surface area contributed by atoms with Crippen molar-refractivity contribution in [3.05, 3.63) is 52.7 Å². The van der Waals surface area contributed by atoms with Crippen LogP contribution in [0.4, 0.5) is 5.69 Å². The minimum absolute atomic E-state index is 0.0556. The van der Waals surface area contributed by atoms with Gasteiger partial charge in [0.2, 0.25) is 0 Å². The molecule has 0 unspecified atom stereocenters. The highest BCUT2D eigenvalue weighted by Gasteiger charge is 2.16. The average molecular weight is 322 g/mol. The molecule has 0 radical (unpaired) electrons. The molecular formula is C13H10N2O4S2. The van der Waals surface area contributed by atoms with E-state index in [1.54, 1.807) is 24.3 Å². The summed E-state index contributed by atoms with van der Waals surface area (Å²) in [7, 11) is 2.39. The third-order valence-electron chi connectivity index (χ3n) is 2.26. The van der Waals surface area contributed by atoms with Gasteiger partial charge in [-0.1, -0.05) is 12.1 Å². The molecule has 108 valence electrons. The molecule has 0 fully saturated rings. The number of nitrogens with zero attached hydrogens (tertiary/aromatic N) is 2. The number of hydrogen-bond donors (Lipinski definition) is 0. The predicted octanol–water partition coefficient (Wildman–Crippen LogP) is 3.71. The van der Waals surface area contributed by atoms with E-state index in [1.165, 1.54) is 36.0 Å². The minimum atomic E-state index is -0.478. The van der Waals surface area contributed by atoms with Crippen LogP contribution in [0.15, 0.2) is 52.5 Å². The van der Waals surface area contributed by atoms with Gasteiger partial charge in [-0.3, -0.25) is 14.9 Å². The van der Waals surface area contributed by atoms with Gasteiger partial charge in [-0.2, -0.15) is 0 Å². The number of nitro groups is 1. The summed E-state index contributed by atoms with van der Waals surface area (Å²) in [4.78, 5) is 26.2. The van der Waals surface area contributed by atoms with Crippen LogP contribution in [0.3, 0.4) is 0 Å². The summed E-state index contributed by atoms with van der Waals surface area (Å²) in [6, 6.07) is 9.88. The Bertz CT molecular complexity index is 679. The Morgan fingerprint density at radius 1 is 1.24 bits per heavy atom. The summed E-state index contributed by atoms with van der Waals surface area (Å²) >= 11 is 0. The highest BCUT2D eigenvalue weighted by atomic mass is 33.1. The van der Waals surface area contributed by atoms with Crippen molar-refractivity contribution >= 4 is 33.2 Å². The van der Waals surface area contributed by atoms with Gasteiger partial charge in [-0.05, 0) is 39.8 Å². The van der Waals surface area contributed by atoms with E-state index in [0.29, 0.717) is 15.7 Å². The van der Waals surface area contributed by atoms with Crippen LogP contribution in [0.2, 0.25) is 0 Å². The Balaban J connectivity index is 2.17. The molecule has 0 atom stereocenters. The fourth-order valence-corrected chi connectivity index (χ4v) is 3.56. The fourth-order valence-electron chi connectivity index (χ4n) is 1.43. The zero-order valence-corrected chi connectivity index (χ0v) is 12.5. The molecule has 1 heterocycles. The molecule has 1 aromatic carbocycles. The molecule has 0 N–H and O–H groups in total. The summed E-state index contributed by atoms with van der Waals surface area (Å²) < 4.78 is 5.08. The summed E-state index contributed by atoms with van der Waals surface area (Å²) in [6.07, 6.45) is 1.49. The third kappa shape index (κ3) is 4.20. The number of aromatic nitrogens is 1. The van der Waals surface area contributed by atoms with Crippen LogP contribution in [0.5, 0.6) is 5.75 Å². The van der Waals surface area contributed by atoms with Crippen molar-refractivity contribution in [2.24, 2.45) is 0 Å². The van der Waals surface area contributed by atoms with Crippen molar-refractivity contribution in [2.45, 2.75) is 16.8 Å². The maximum absolute atomic E-state index is 11.0. The molecule has 0 saturated carbocycles. The maximum atomic E-state index is 11.0. The first kappa shape index (κ1) is 15.3. The lowest BCUT2D eigenvalue weighted by atomic mass is 10.3. The lowest BCUT2D eigenvalue weighted by Gasteiger charge is -2.07. The molecule has 2 rings (SSSR count). The molecule has 21 heavy (non-hydrogen) atoms. The Morgan fingerprint density at radius 3 is 2.71 bits per heavy atom. The number of carbonyl (C=O) groups excluding carboxylic acids is 1. The highest BCUT2D eigenvalue weighted by Crippen LogP contribution is 2.43. The lowest BCUT2D eigenvalue weighted by Crippen LogP contribution is -2.01. The van der Waals surface area contributed by atoms with E-state index in [9.17, 15) is 14.9 Å². The zero-order valence-electron chi connectivity index (χ0n) is 10.9. The topological polar surface area (TPSA) is 82.3 Å². The number of carbonyl (C=O) groups is 1. The van der Waals surface area contributed by atoms with E-state index in [2.05, 4.69) is 4.98 Å². The third-order valence-corrected chi connectivity index (χ3v) is 4.60. The zero-order chi connectivity index (χ0) is 15.2. The predicted molar refractivity (Wildman–Crippen MR) is 80.4 cm³/mol. The van der Waals surface area contributed by atoms with Gasteiger partial charge in [-0.25, -0.2) is 4.98 Å². The Hall–Kier alpha value is -2.06. The first-order chi connectivity index (χ1) is 10.1. The smallest absolute Gasteiger partial charge is 0.308 e. The van der Waals surface area contributed by atoms with Crippen molar-refractivity contribution in [1.29, 1.82) is 0 Å². The number of esters is 1. The largest absolute Gasteiger partial charge is 0.425 e. The number of ether oxygens (including phenoxy) is 1. The molecule has 0 saturated heterocycles. The highest BCUT2D eigenvalue weighted by molar-refractivity contribution is 8.76. The number of hydrogen-bond acceptors (Lipinski definition) is 7. The van der Waals surface area contributed by atoms with Gasteiger partial charge >= 0.3 is 11.7 Å². The monoisotopic (exact) mass is 322 g/mol. The van der Waals surface area contributed by atoms with Gasteiger partial charge in [0.1, 0.15) is 5.75 Å². The molecule has 0 bridgehead atoms. The van der Waals surface area contributed by atoms with Crippen LogP contribution < -0.4 is 4.74 Å². The number of pyridine rings is 1. The van der Waals surface area contributed by atoms with Crippen molar-refractivity contribution in [1.82, 2.24) is 4.98 Å². The summed E-state index contributed by atoms with van der Waals surface area (Å²) in [5.74, 6) is -0.00190. The van der Waals surface area contributed by atoms with Gasteiger partial charge in [0.15, 0.2) is 5.03 Å². The van der Waals surface area contributed by atoms with Crippen LogP contribution in [0.25, 0.3) is 0 Å². The maximum Gasteiger partial charge on any atom is 0.308 e. The molecule has 1 aromatic heterocycles. The van der Waals surface area contributed by atoms with Gasteiger partial charge in [-0.15, -0.1) is 0 Å². The van der Waals surface area contributed by atoms with Gasteiger partial charge in [0, 0.05) is 19.2 Å². The standard InChI is InChI=1S/C13H10N2O4S2/c1-9(16)19-11-6-2-3-7-12(11)20-21-13-10(15(17)18)5-4-8-14-13/h2-8H,1H3. The van der Waals surface area contributed by atoms with Gasteiger partial charge in [0.25, 0.3) is 0 Å². The lowest BCUT2D eigenvalue weighted by molar-refractivity contribution is -0.388. The Morgan fingerprint density at radius 2 is 2.00 bits per heavy atom. The first-order valence-electron chi connectivity index (χ1n) is 5.79. The minimum Gasteiger partial charge on any atom is -0.425 e. The second-order valence-corrected chi connectivity index (χ2v) is 5.95. The quantitative estimate of drug-likeness (QED) is 0.273. The second kappa shape index (κ2) is 7.09. The van der Waals surface area contributed by atoms with Crippen LogP contribution in [0, 0.1) is 10.1 Å². The van der Waals surface area contributed by atoms with Crippen molar-refractivity contribution in [3.8, 4) is 5.75 Å². The van der Waals surface area contributed by atoms with Crippen LogP contribution in [-0.4, -0.2) is 15.9 Å². The molecule has 0 spiro atoms. The van der Waals surface area contributed by atoms with Crippen LogP contribution in [-0.2, 0) is 4.79 Å². The molecule has 2 aromatic rings. The second-order valence-electron chi connectivity index (χ2n) is 3.79. The van der Waals surface area contributed by atoms with Crippen molar-refractivity contribution in [3.63, 3.8) is 0 Å². The molecule has 0 aliphatic heterocycles. The summed E-state index contributed by atoms with van der Waals surface area (Å²) in [5.41, 5.74) is -0.0556. The fraction of sp³-hybridized carbons (Fsp3) is 0.0769. The normalized spacial score (nSPS) is 10.1. The summed E-state index contributed by atoms with van der Waals surface area (Å²) in [6.45, 7) is 1.32. The van der Waals surface area contributed by atoms with Gasteiger partial charge in [0.05, 0.1) is 9.82 Å². The Labute approximate surface area is 128 Å². The van der Waals surface area contributed by atoms with E-state index in [0.717, 1.165) is 10.8 Å². The van der Waals surface area contributed by atoms with Crippen LogP contribution in [0.1, 0.15) is 6.92 Å². The van der Waals surface area contributed by atoms with Gasteiger partial charge < -0.3 is 4.74 Å². The van der Waals surface area contributed by atoms with E-state index in [4.69, 9.17) is 4.74 Å². The van der Waals surface area contributed by atoms with Crippen LogP contribution >= 0.6 is 21.6 Å². The van der Waals surface area contributed by atoms with E-state index < -0.39 is 10.9 Å².